The van der Waals surface area contributed by atoms with Crippen LogP contribution in [0.15, 0.2) is 48.5 Å². The second-order valence-electron chi connectivity index (χ2n) is 6.36. The highest BCUT2D eigenvalue weighted by Crippen LogP contribution is 2.48. The standard InChI is InChI=1S/C19H21NO2/c1-20(2)13-15-5-3-4-6-17(15)14-7-9-16(10-8-14)19(11-12-19)18(21)22/h3-10H,11-13H2,1-2H3,(H,21,22). The summed E-state index contributed by atoms with van der Waals surface area (Å²) in [5.41, 5.74) is 3.93. The van der Waals surface area contributed by atoms with Crippen molar-refractivity contribution in [2.75, 3.05) is 14.1 Å². The van der Waals surface area contributed by atoms with Gasteiger partial charge in [0.2, 0.25) is 0 Å². The number of rotatable bonds is 5. The van der Waals surface area contributed by atoms with E-state index in [1.807, 2.05) is 30.3 Å². The molecule has 0 aromatic heterocycles. The Hall–Kier alpha value is -2.13. The molecule has 22 heavy (non-hydrogen) atoms. The van der Waals surface area contributed by atoms with Gasteiger partial charge in [0.25, 0.3) is 0 Å². The monoisotopic (exact) mass is 295 g/mol. The fourth-order valence-electron chi connectivity index (χ4n) is 3.00. The summed E-state index contributed by atoms with van der Waals surface area (Å²) in [7, 11) is 4.12. The second-order valence-corrected chi connectivity index (χ2v) is 6.36. The van der Waals surface area contributed by atoms with Crippen molar-refractivity contribution < 1.29 is 9.90 Å². The average molecular weight is 295 g/mol. The average Bonchev–Trinajstić information content (AvgIpc) is 3.29. The maximum Gasteiger partial charge on any atom is 0.314 e. The van der Waals surface area contributed by atoms with Gasteiger partial charge in [-0.15, -0.1) is 0 Å². The van der Waals surface area contributed by atoms with Gasteiger partial charge in [-0.05, 0) is 49.2 Å². The van der Waals surface area contributed by atoms with Gasteiger partial charge in [0.15, 0.2) is 0 Å². The predicted octanol–water partition coefficient (Wildman–Crippen LogP) is 3.53. The molecule has 0 bridgehead atoms. The zero-order chi connectivity index (χ0) is 15.7. The highest BCUT2D eigenvalue weighted by molar-refractivity contribution is 5.85. The molecule has 3 rings (SSSR count). The Morgan fingerprint density at radius 3 is 2.27 bits per heavy atom. The molecular weight excluding hydrogens is 274 g/mol. The van der Waals surface area contributed by atoms with Gasteiger partial charge in [-0.2, -0.15) is 0 Å². The van der Waals surface area contributed by atoms with Gasteiger partial charge in [-0.1, -0.05) is 48.5 Å². The molecule has 1 aliphatic carbocycles. The Morgan fingerprint density at radius 1 is 1.09 bits per heavy atom. The zero-order valence-electron chi connectivity index (χ0n) is 13.0. The number of hydrogen-bond acceptors (Lipinski definition) is 2. The fraction of sp³-hybridized carbons (Fsp3) is 0.316. The van der Waals surface area contributed by atoms with Gasteiger partial charge < -0.3 is 10.0 Å². The molecule has 0 saturated heterocycles. The highest BCUT2D eigenvalue weighted by atomic mass is 16.4. The second kappa shape index (κ2) is 5.58. The van der Waals surface area contributed by atoms with Gasteiger partial charge in [0.1, 0.15) is 0 Å². The number of nitrogens with zero attached hydrogens (tertiary/aromatic N) is 1. The van der Waals surface area contributed by atoms with E-state index in [0.29, 0.717) is 0 Å². The van der Waals surface area contributed by atoms with Crippen molar-refractivity contribution in [1.29, 1.82) is 0 Å². The first-order chi connectivity index (χ1) is 10.5. The number of carboxylic acids is 1. The Kier molecular flexibility index (Phi) is 3.75. The largest absolute Gasteiger partial charge is 0.481 e. The van der Waals surface area contributed by atoms with Crippen LogP contribution in [0.25, 0.3) is 11.1 Å². The fourth-order valence-corrected chi connectivity index (χ4v) is 3.00. The topological polar surface area (TPSA) is 40.5 Å². The summed E-state index contributed by atoms with van der Waals surface area (Å²) in [6.45, 7) is 0.886. The van der Waals surface area contributed by atoms with Crippen molar-refractivity contribution in [3.8, 4) is 11.1 Å². The van der Waals surface area contributed by atoms with Crippen LogP contribution < -0.4 is 0 Å². The van der Waals surface area contributed by atoms with Crippen molar-refractivity contribution in [2.24, 2.45) is 0 Å². The lowest BCUT2D eigenvalue weighted by Crippen LogP contribution is -2.19. The third-order valence-corrected chi connectivity index (χ3v) is 4.41. The van der Waals surface area contributed by atoms with Crippen LogP contribution in [0.4, 0.5) is 0 Å². The van der Waals surface area contributed by atoms with Crippen molar-refractivity contribution in [3.05, 3.63) is 59.7 Å². The van der Waals surface area contributed by atoms with E-state index in [9.17, 15) is 9.90 Å². The molecule has 0 unspecified atom stereocenters. The lowest BCUT2D eigenvalue weighted by Gasteiger charge is -2.15. The first kappa shape index (κ1) is 14.8. The predicted molar refractivity (Wildman–Crippen MR) is 87.8 cm³/mol. The third-order valence-electron chi connectivity index (χ3n) is 4.41. The lowest BCUT2D eigenvalue weighted by molar-refractivity contribution is -0.140. The molecule has 0 aliphatic heterocycles. The van der Waals surface area contributed by atoms with Crippen molar-refractivity contribution in [2.45, 2.75) is 24.8 Å². The molecule has 2 aromatic carbocycles. The molecule has 114 valence electrons. The van der Waals surface area contributed by atoms with Crippen LogP contribution in [0.5, 0.6) is 0 Å². The summed E-state index contributed by atoms with van der Waals surface area (Å²) < 4.78 is 0. The number of carbonyl (C=O) groups is 1. The third kappa shape index (κ3) is 2.64. The van der Waals surface area contributed by atoms with Crippen LogP contribution in [0.1, 0.15) is 24.0 Å². The van der Waals surface area contributed by atoms with Crippen molar-refractivity contribution >= 4 is 5.97 Å². The Balaban J connectivity index is 1.93. The van der Waals surface area contributed by atoms with Crippen LogP contribution >= 0.6 is 0 Å². The molecular formula is C19H21NO2. The van der Waals surface area contributed by atoms with Gasteiger partial charge in [-0.25, -0.2) is 0 Å². The summed E-state index contributed by atoms with van der Waals surface area (Å²) in [4.78, 5) is 13.6. The molecule has 3 heteroatoms. The number of benzene rings is 2. The summed E-state index contributed by atoms with van der Waals surface area (Å²) in [6.07, 6.45) is 1.50. The van der Waals surface area contributed by atoms with Crippen LogP contribution in [0.3, 0.4) is 0 Å². The van der Waals surface area contributed by atoms with Gasteiger partial charge in [0.05, 0.1) is 5.41 Å². The van der Waals surface area contributed by atoms with Crippen molar-refractivity contribution in [3.63, 3.8) is 0 Å². The zero-order valence-corrected chi connectivity index (χ0v) is 13.0. The minimum Gasteiger partial charge on any atom is -0.481 e. The van der Waals surface area contributed by atoms with Crippen LogP contribution in [-0.2, 0) is 16.8 Å². The molecule has 1 aliphatic rings. The van der Waals surface area contributed by atoms with Crippen LogP contribution in [0.2, 0.25) is 0 Å². The minimum absolute atomic E-state index is 0.623. The summed E-state index contributed by atoms with van der Waals surface area (Å²) in [6, 6.07) is 16.4. The van der Waals surface area contributed by atoms with E-state index in [1.165, 1.54) is 11.1 Å². The Labute approximate surface area is 131 Å². The maximum absolute atomic E-state index is 11.4. The molecule has 0 radical (unpaired) electrons. The molecule has 0 spiro atoms. The summed E-state index contributed by atoms with van der Waals surface area (Å²) >= 11 is 0. The number of carboxylic acid groups (broad SMARTS) is 1. The van der Waals surface area contributed by atoms with E-state index in [4.69, 9.17) is 0 Å². The first-order valence-corrected chi connectivity index (χ1v) is 7.60. The van der Waals surface area contributed by atoms with E-state index in [-0.39, 0.29) is 0 Å². The number of aliphatic carboxylic acids is 1. The van der Waals surface area contributed by atoms with Crippen LogP contribution in [-0.4, -0.2) is 30.1 Å². The van der Waals surface area contributed by atoms with Crippen LogP contribution in [0, 0.1) is 0 Å². The van der Waals surface area contributed by atoms with E-state index in [1.54, 1.807) is 0 Å². The Morgan fingerprint density at radius 2 is 1.73 bits per heavy atom. The van der Waals surface area contributed by atoms with E-state index in [0.717, 1.165) is 30.5 Å². The Bertz CT molecular complexity index is 685. The molecule has 3 nitrogen and oxygen atoms in total. The van der Waals surface area contributed by atoms with Gasteiger partial charge >= 0.3 is 5.97 Å². The maximum atomic E-state index is 11.4. The lowest BCUT2D eigenvalue weighted by atomic mass is 9.92. The quantitative estimate of drug-likeness (QED) is 0.917. The van der Waals surface area contributed by atoms with Gasteiger partial charge in [0, 0.05) is 6.54 Å². The molecule has 0 amide bonds. The van der Waals surface area contributed by atoms with E-state index in [2.05, 4.69) is 37.2 Å². The van der Waals surface area contributed by atoms with E-state index >= 15 is 0 Å². The summed E-state index contributed by atoms with van der Waals surface area (Å²) in [5, 5.41) is 9.38. The molecule has 1 fully saturated rings. The molecule has 2 aromatic rings. The molecule has 0 atom stereocenters. The molecule has 0 heterocycles. The minimum atomic E-state index is -0.701. The number of hydrogen-bond donors (Lipinski definition) is 1. The molecule has 1 saturated carbocycles. The van der Waals surface area contributed by atoms with E-state index < -0.39 is 11.4 Å². The first-order valence-electron chi connectivity index (χ1n) is 7.60. The van der Waals surface area contributed by atoms with Crippen molar-refractivity contribution in [1.82, 2.24) is 4.90 Å². The smallest absolute Gasteiger partial charge is 0.314 e. The summed E-state index contributed by atoms with van der Waals surface area (Å²) in [5.74, 6) is -0.701. The van der Waals surface area contributed by atoms with Gasteiger partial charge in [-0.3, -0.25) is 4.79 Å². The normalized spacial score (nSPS) is 15.8. The SMILES string of the molecule is CN(C)Cc1ccccc1-c1ccc(C2(C(=O)O)CC2)cc1. The molecule has 1 N–H and O–H groups in total. The highest BCUT2D eigenvalue weighted by Gasteiger charge is 2.51.